The summed E-state index contributed by atoms with van der Waals surface area (Å²) in [6.07, 6.45) is 1.54. The second-order valence-electron chi connectivity index (χ2n) is 6.51. The fraction of sp³-hybridized carbons (Fsp3) is 0.143. The Morgan fingerprint density at radius 3 is 2.69 bits per heavy atom. The minimum atomic E-state index is -0.523. The molecule has 0 radical (unpaired) electrons. The van der Waals surface area contributed by atoms with Gasteiger partial charge in [-0.3, -0.25) is 14.9 Å². The average Bonchev–Trinajstić information content (AvgIpc) is 3.13. The first-order valence-corrected chi connectivity index (χ1v) is 9.13. The van der Waals surface area contributed by atoms with Crippen LogP contribution in [0.1, 0.15) is 22.5 Å². The topological polar surface area (TPSA) is 97.7 Å². The second kappa shape index (κ2) is 8.70. The molecule has 8 heteroatoms. The molecule has 0 aliphatic rings. The Hall–Kier alpha value is -3.45. The smallest absolute Gasteiger partial charge is 0.281 e. The summed E-state index contributed by atoms with van der Waals surface area (Å²) in [7, 11) is 0. The monoisotopic (exact) mass is 411 g/mol. The van der Waals surface area contributed by atoms with Gasteiger partial charge in [0.05, 0.1) is 23.1 Å². The number of hydrogen-bond acceptors (Lipinski definition) is 5. The van der Waals surface area contributed by atoms with Crippen molar-refractivity contribution < 1.29 is 14.1 Å². The minimum absolute atomic E-state index is 0.156. The first kappa shape index (κ1) is 20.3. The van der Waals surface area contributed by atoms with Gasteiger partial charge in [-0.15, -0.1) is 0 Å². The van der Waals surface area contributed by atoms with Crippen molar-refractivity contribution in [3.63, 3.8) is 0 Å². The van der Waals surface area contributed by atoms with Crippen LogP contribution in [0, 0.1) is 24.0 Å². The van der Waals surface area contributed by atoms with Crippen LogP contribution in [-0.4, -0.2) is 17.0 Å². The van der Waals surface area contributed by atoms with Gasteiger partial charge in [-0.1, -0.05) is 29.8 Å². The molecule has 0 spiro atoms. The van der Waals surface area contributed by atoms with Crippen molar-refractivity contribution in [2.24, 2.45) is 5.10 Å². The van der Waals surface area contributed by atoms with Crippen molar-refractivity contribution in [3.8, 4) is 11.3 Å². The molecule has 3 rings (SSSR count). The van der Waals surface area contributed by atoms with Gasteiger partial charge in [0.2, 0.25) is 5.91 Å². The number of amides is 1. The number of carbonyl (C=O) groups excluding carboxylic acids is 1. The molecule has 0 saturated heterocycles. The lowest BCUT2D eigenvalue weighted by atomic mass is 10.0. The van der Waals surface area contributed by atoms with E-state index in [2.05, 4.69) is 10.5 Å². The van der Waals surface area contributed by atoms with Gasteiger partial charge in [-0.25, -0.2) is 5.43 Å². The maximum atomic E-state index is 12.0. The first-order valence-electron chi connectivity index (χ1n) is 8.75. The van der Waals surface area contributed by atoms with Crippen LogP contribution in [0.5, 0.6) is 0 Å². The van der Waals surface area contributed by atoms with Gasteiger partial charge in [0.25, 0.3) is 5.69 Å². The van der Waals surface area contributed by atoms with Crippen LogP contribution < -0.4 is 5.43 Å². The Morgan fingerprint density at radius 2 is 1.97 bits per heavy atom. The number of benzene rings is 2. The Kier molecular flexibility index (Phi) is 6.09. The summed E-state index contributed by atoms with van der Waals surface area (Å²) in [5.74, 6) is 0.386. The van der Waals surface area contributed by atoms with Gasteiger partial charge >= 0.3 is 0 Å². The Morgan fingerprint density at radius 1 is 1.17 bits per heavy atom. The number of rotatable bonds is 6. The normalized spacial score (nSPS) is 11.0. The van der Waals surface area contributed by atoms with Crippen LogP contribution >= 0.6 is 11.6 Å². The van der Waals surface area contributed by atoms with E-state index in [9.17, 15) is 14.9 Å². The van der Waals surface area contributed by atoms with Gasteiger partial charge in [-0.2, -0.15) is 5.10 Å². The summed E-state index contributed by atoms with van der Waals surface area (Å²) >= 11 is 5.83. The molecule has 1 heterocycles. The Labute approximate surface area is 172 Å². The van der Waals surface area contributed by atoms with Crippen molar-refractivity contribution in [3.05, 3.63) is 86.1 Å². The number of hydrazone groups is 1. The third-order valence-corrected chi connectivity index (χ3v) is 4.60. The zero-order chi connectivity index (χ0) is 21.0. The van der Waals surface area contributed by atoms with E-state index in [1.807, 2.05) is 32.0 Å². The number of nitrogens with one attached hydrogen (secondary N) is 1. The lowest BCUT2D eigenvalue weighted by Crippen LogP contribution is -2.19. The highest BCUT2D eigenvalue weighted by molar-refractivity contribution is 6.30. The molecule has 0 aliphatic heterocycles. The quantitative estimate of drug-likeness (QED) is 0.357. The number of halogens is 1. The third kappa shape index (κ3) is 5.08. The Bertz CT molecular complexity index is 1110. The zero-order valence-corrected chi connectivity index (χ0v) is 16.6. The van der Waals surface area contributed by atoms with Gasteiger partial charge < -0.3 is 4.42 Å². The Balaban J connectivity index is 1.66. The molecular weight excluding hydrogens is 394 g/mol. The predicted molar refractivity (Wildman–Crippen MR) is 111 cm³/mol. The van der Waals surface area contributed by atoms with Crippen LogP contribution in [0.3, 0.4) is 0 Å². The summed E-state index contributed by atoms with van der Waals surface area (Å²) in [6, 6.07) is 13.4. The molecule has 0 aliphatic carbocycles. The maximum Gasteiger partial charge on any atom is 0.281 e. The molecule has 0 unspecified atom stereocenters. The average molecular weight is 412 g/mol. The molecule has 29 heavy (non-hydrogen) atoms. The molecule has 0 atom stereocenters. The molecule has 0 saturated carbocycles. The molecule has 7 nitrogen and oxygen atoms in total. The number of nitrogens with zero attached hydrogens (tertiary/aromatic N) is 2. The molecule has 1 N–H and O–H groups in total. The summed E-state index contributed by atoms with van der Waals surface area (Å²) in [6.45, 7) is 4.01. The lowest BCUT2D eigenvalue weighted by Gasteiger charge is -2.04. The maximum absolute atomic E-state index is 12.0. The van der Waals surface area contributed by atoms with Crippen LogP contribution in [0.4, 0.5) is 5.69 Å². The van der Waals surface area contributed by atoms with Crippen molar-refractivity contribution >= 4 is 29.4 Å². The van der Waals surface area contributed by atoms with E-state index in [0.717, 1.165) is 11.1 Å². The fourth-order valence-corrected chi connectivity index (χ4v) is 2.90. The molecule has 1 amide bonds. The highest BCUT2D eigenvalue weighted by atomic mass is 35.5. The summed E-state index contributed by atoms with van der Waals surface area (Å²) in [5, 5.41) is 15.4. The fourth-order valence-electron chi connectivity index (χ4n) is 2.74. The molecule has 2 aromatic carbocycles. The van der Waals surface area contributed by atoms with E-state index in [0.29, 0.717) is 17.1 Å². The summed E-state index contributed by atoms with van der Waals surface area (Å²) < 4.78 is 5.58. The van der Waals surface area contributed by atoms with Gasteiger partial charge in [0.1, 0.15) is 11.5 Å². The van der Waals surface area contributed by atoms with Crippen molar-refractivity contribution in [1.82, 2.24) is 5.43 Å². The second-order valence-corrected chi connectivity index (χ2v) is 6.95. The summed E-state index contributed by atoms with van der Waals surface area (Å²) in [5.41, 5.74) is 5.78. The highest BCUT2D eigenvalue weighted by Crippen LogP contribution is 2.33. The molecule has 1 aromatic heterocycles. The number of nitro groups is 1. The molecule has 0 bridgehead atoms. The molecular formula is C21H18ClN3O4. The van der Waals surface area contributed by atoms with Crippen LogP contribution in [0.15, 0.2) is 58.0 Å². The van der Waals surface area contributed by atoms with Crippen LogP contribution in [-0.2, 0) is 11.2 Å². The van der Waals surface area contributed by atoms with E-state index in [1.165, 1.54) is 23.9 Å². The lowest BCUT2D eigenvalue weighted by molar-refractivity contribution is -0.384. The van der Waals surface area contributed by atoms with Gasteiger partial charge in [0, 0.05) is 11.1 Å². The first-order chi connectivity index (χ1) is 13.8. The van der Waals surface area contributed by atoms with Crippen molar-refractivity contribution in [1.29, 1.82) is 0 Å². The third-order valence-electron chi connectivity index (χ3n) is 4.37. The van der Waals surface area contributed by atoms with E-state index in [1.54, 1.807) is 18.2 Å². The highest BCUT2D eigenvalue weighted by Gasteiger charge is 2.18. The number of nitro benzene ring substituents is 1. The van der Waals surface area contributed by atoms with Crippen molar-refractivity contribution in [2.75, 3.05) is 0 Å². The number of furan rings is 1. The standard InChI is InChI=1S/C21H18ClN3O4/c1-13-3-4-15(9-14(13)2)10-21(26)24-23-12-17-6-8-20(29-17)18-7-5-16(22)11-19(18)25(27)28/h3-9,11-12H,10H2,1-2H3,(H,24,26)/b23-12-. The minimum Gasteiger partial charge on any atom is -0.455 e. The summed E-state index contributed by atoms with van der Waals surface area (Å²) in [4.78, 5) is 22.7. The van der Waals surface area contributed by atoms with E-state index >= 15 is 0 Å². The van der Waals surface area contributed by atoms with Gasteiger partial charge in [0.15, 0.2) is 0 Å². The molecule has 0 fully saturated rings. The number of aryl methyl sites for hydroxylation is 2. The SMILES string of the molecule is Cc1ccc(CC(=O)N/N=C\c2ccc(-c3ccc(Cl)cc3[N+](=O)[O-])o2)cc1C. The van der Waals surface area contributed by atoms with E-state index in [-0.39, 0.29) is 23.0 Å². The van der Waals surface area contributed by atoms with Gasteiger partial charge in [-0.05, 0) is 54.8 Å². The van der Waals surface area contributed by atoms with Crippen LogP contribution in [0.2, 0.25) is 5.02 Å². The number of hydrogen-bond donors (Lipinski definition) is 1. The number of carbonyl (C=O) groups is 1. The molecule has 148 valence electrons. The van der Waals surface area contributed by atoms with E-state index in [4.69, 9.17) is 16.0 Å². The largest absolute Gasteiger partial charge is 0.455 e. The predicted octanol–water partition coefficient (Wildman–Crippen LogP) is 4.82. The van der Waals surface area contributed by atoms with Crippen LogP contribution in [0.25, 0.3) is 11.3 Å². The van der Waals surface area contributed by atoms with E-state index < -0.39 is 4.92 Å². The molecule has 3 aromatic rings. The van der Waals surface area contributed by atoms with Crippen molar-refractivity contribution in [2.45, 2.75) is 20.3 Å². The zero-order valence-electron chi connectivity index (χ0n) is 15.8.